The van der Waals surface area contributed by atoms with Gasteiger partial charge in [-0.2, -0.15) is 0 Å². The Hall–Kier alpha value is -1.74. The lowest BCUT2D eigenvalue weighted by molar-refractivity contribution is -0.131. The van der Waals surface area contributed by atoms with E-state index in [1.54, 1.807) is 11.8 Å². The third kappa shape index (κ3) is 4.17. The Labute approximate surface area is 142 Å². The summed E-state index contributed by atoms with van der Waals surface area (Å²) in [6.07, 6.45) is 2.80. The van der Waals surface area contributed by atoms with Crippen LogP contribution in [0.25, 0.3) is 0 Å². The predicted molar refractivity (Wildman–Crippen MR) is 96.7 cm³/mol. The molecule has 0 spiro atoms. The molecular weight excluding hydrogens is 302 g/mol. The van der Waals surface area contributed by atoms with Crippen molar-refractivity contribution in [3.05, 3.63) is 65.7 Å². The van der Waals surface area contributed by atoms with Crippen LogP contribution in [0.15, 0.2) is 59.5 Å². The average Bonchev–Trinajstić information content (AvgIpc) is 3.07. The first-order chi connectivity index (χ1) is 11.2. The van der Waals surface area contributed by atoms with Crippen molar-refractivity contribution in [1.29, 1.82) is 0 Å². The van der Waals surface area contributed by atoms with Crippen LogP contribution in [0.5, 0.6) is 0 Å². The van der Waals surface area contributed by atoms with Crippen LogP contribution in [0.3, 0.4) is 0 Å². The minimum Gasteiger partial charge on any atom is -0.336 e. The van der Waals surface area contributed by atoms with E-state index in [1.807, 2.05) is 6.07 Å². The van der Waals surface area contributed by atoms with Crippen LogP contribution in [0, 0.1) is 6.92 Å². The van der Waals surface area contributed by atoms with Gasteiger partial charge in [0.2, 0.25) is 5.91 Å². The number of carbonyl (C=O) groups excluding carboxylic acids is 1. The molecule has 1 fully saturated rings. The molecule has 120 valence electrons. The van der Waals surface area contributed by atoms with E-state index in [2.05, 4.69) is 60.4 Å². The van der Waals surface area contributed by atoms with Crippen molar-refractivity contribution in [2.75, 3.05) is 12.3 Å². The topological polar surface area (TPSA) is 20.3 Å². The highest BCUT2D eigenvalue weighted by molar-refractivity contribution is 7.99. The number of benzene rings is 2. The summed E-state index contributed by atoms with van der Waals surface area (Å²) in [6, 6.07) is 19.2. The first kappa shape index (κ1) is 16.1. The molecule has 2 nitrogen and oxygen atoms in total. The highest BCUT2D eigenvalue weighted by atomic mass is 32.2. The molecule has 0 aromatic heterocycles. The predicted octanol–water partition coefficient (Wildman–Crippen LogP) is 4.84. The van der Waals surface area contributed by atoms with Gasteiger partial charge >= 0.3 is 0 Å². The Balaban J connectivity index is 1.54. The lowest BCUT2D eigenvalue weighted by Gasteiger charge is -2.25. The van der Waals surface area contributed by atoms with Gasteiger partial charge in [0.05, 0.1) is 6.04 Å². The minimum atomic E-state index is 0.271. The smallest absolute Gasteiger partial charge is 0.223 e. The molecule has 0 bridgehead atoms. The molecule has 1 aliphatic rings. The Morgan fingerprint density at radius 1 is 1.13 bits per heavy atom. The number of aryl methyl sites for hydroxylation is 1. The highest BCUT2D eigenvalue weighted by Crippen LogP contribution is 2.32. The zero-order valence-corrected chi connectivity index (χ0v) is 14.4. The van der Waals surface area contributed by atoms with Crippen LogP contribution in [0.4, 0.5) is 0 Å². The largest absolute Gasteiger partial charge is 0.336 e. The molecular formula is C20H23NOS. The molecule has 23 heavy (non-hydrogen) atoms. The Morgan fingerprint density at radius 2 is 1.87 bits per heavy atom. The van der Waals surface area contributed by atoms with Crippen molar-refractivity contribution in [3.8, 4) is 0 Å². The van der Waals surface area contributed by atoms with Gasteiger partial charge in [0.15, 0.2) is 0 Å². The fourth-order valence-electron chi connectivity index (χ4n) is 3.12. The molecule has 1 unspecified atom stereocenters. The second-order valence-electron chi connectivity index (χ2n) is 6.07. The normalized spacial score (nSPS) is 17.4. The maximum absolute atomic E-state index is 12.6. The lowest BCUT2D eigenvalue weighted by atomic mass is 10.0. The van der Waals surface area contributed by atoms with Crippen molar-refractivity contribution in [2.24, 2.45) is 0 Å². The van der Waals surface area contributed by atoms with Crippen molar-refractivity contribution in [2.45, 2.75) is 37.1 Å². The highest BCUT2D eigenvalue weighted by Gasteiger charge is 2.29. The summed E-state index contributed by atoms with van der Waals surface area (Å²) in [7, 11) is 0. The molecule has 1 heterocycles. The van der Waals surface area contributed by atoms with E-state index < -0.39 is 0 Å². The van der Waals surface area contributed by atoms with Gasteiger partial charge in [-0.05, 0) is 37.5 Å². The molecule has 0 N–H and O–H groups in total. The first-order valence-electron chi connectivity index (χ1n) is 8.28. The monoisotopic (exact) mass is 325 g/mol. The number of carbonyl (C=O) groups is 1. The number of hydrogen-bond acceptors (Lipinski definition) is 2. The molecule has 1 saturated heterocycles. The molecule has 1 atom stereocenters. The zero-order chi connectivity index (χ0) is 16.1. The number of hydrogen-bond donors (Lipinski definition) is 0. The van der Waals surface area contributed by atoms with Crippen LogP contribution in [0.2, 0.25) is 0 Å². The van der Waals surface area contributed by atoms with Gasteiger partial charge in [0.1, 0.15) is 0 Å². The van der Waals surface area contributed by atoms with Gasteiger partial charge in [-0.1, -0.05) is 48.0 Å². The van der Waals surface area contributed by atoms with Gasteiger partial charge < -0.3 is 4.90 Å². The van der Waals surface area contributed by atoms with Crippen molar-refractivity contribution in [3.63, 3.8) is 0 Å². The van der Waals surface area contributed by atoms with E-state index in [0.29, 0.717) is 6.42 Å². The summed E-state index contributed by atoms with van der Waals surface area (Å²) in [5.74, 6) is 1.14. The summed E-state index contributed by atoms with van der Waals surface area (Å²) in [4.78, 5) is 15.9. The van der Waals surface area contributed by atoms with Crippen LogP contribution in [-0.2, 0) is 4.79 Å². The van der Waals surface area contributed by atoms with Crippen molar-refractivity contribution in [1.82, 2.24) is 4.90 Å². The second kappa shape index (κ2) is 7.69. The molecule has 1 amide bonds. The van der Waals surface area contributed by atoms with Crippen LogP contribution in [0.1, 0.15) is 36.4 Å². The van der Waals surface area contributed by atoms with Gasteiger partial charge in [0.25, 0.3) is 0 Å². The molecule has 2 aromatic carbocycles. The van der Waals surface area contributed by atoms with Crippen LogP contribution >= 0.6 is 11.8 Å². The maximum atomic E-state index is 12.6. The van der Waals surface area contributed by atoms with Crippen LogP contribution in [-0.4, -0.2) is 23.1 Å². The molecule has 1 aliphatic heterocycles. The summed E-state index contributed by atoms with van der Waals surface area (Å²) in [6.45, 7) is 2.99. The van der Waals surface area contributed by atoms with E-state index in [9.17, 15) is 4.79 Å². The van der Waals surface area contributed by atoms with Crippen LogP contribution < -0.4 is 0 Å². The molecule has 0 saturated carbocycles. The average molecular weight is 325 g/mol. The van der Waals surface area contributed by atoms with E-state index in [0.717, 1.165) is 25.1 Å². The number of amides is 1. The minimum absolute atomic E-state index is 0.271. The third-order valence-electron chi connectivity index (χ3n) is 4.36. The number of nitrogens with zero attached hydrogens (tertiary/aromatic N) is 1. The Morgan fingerprint density at radius 3 is 2.61 bits per heavy atom. The van der Waals surface area contributed by atoms with Crippen molar-refractivity contribution >= 4 is 17.7 Å². The SMILES string of the molecule is Cc1ccc(SCCC(=O)N2CCCC2c2ccccc2)cc1. The number of likely N-dealkylation sites (tertiary alicyclic amines) is 1. The van der Waals surface area contributed by atoms with Gasteiger partial charge in [0, 0.05) is 23.6 Å². The van der Waals surface area contributed by atoms with E-state index in [-0.39, 0.29) is 11.9 Å². The quantitative estimate of drug-likeness (QED) is 0.733. The maximum Gasteiger partial charge on any atom is 0.223 e. The van der Waals surface area contributed by atoms with E-state index >= 15 is 0 Å². The fourth-order valence-corrected chi connectivity index (χ4v) is 3.96. The van der Waals surface area contributed by atoms with Gasteiger partial charge in [-0.3, -0.25) is 4.79 Å². The van der Waals surface area contributed by atoms with Crippen molar-refractivity contribution < 1.29 is 4.79 Å². The van der Waals surface area contributed by atoms with Gasteiger partial charge in [-0.25, -0.2) is 0 Å². The zero-order valence-electron chi connectivity index (χ0n) is 13.6. The Kier molecular flexibility index (Phi) is 5.39. The number of thioether (sulfide) groups is 1. The molecule has 3 heteroatoms. The van der Waals surface area contributed by atoms with Gasteiger partial charge in [-0.15, -0.1) is 11.8 Å². The summed E-state index contributed by atoms with van der Waals surface area (Å²) >= 11 is 1.77. The second-order valence-corrected chi connectivity index (χ2v) is 7.24. The van der Waals surface area contributed by atoms with E-state index in [4.69, 9.17) is 0 Å². The fraction of sp³-hybridized carbons (Fsp3) is 0.350. The summed E-state index contributed by atoms with van der Waals surface area (Å²) < 4.78 is 0. The number of rotatable bonds is 5. The summed E-state index contributed by atoms with van der Waals surface area (Å²) in [5, 5.41) is 0. The lowest BCUT2D eigenvalue weighted by Crippen LogP contribution is -2.30. The molecule has 3 rings (SSSR count). The Bertz CT molecular complexity index is 638. The first-order valence-corrected chi connectivity index (χ1v) is 9.26. The summed E-state index contributed by atoms with van der Waals surface area (Å²) in [5.41, 5.74) is 2.54. The molecule has 0 aliphatic carbocycles. The standard InChI is InChI=1S/C20H23NOS/c1-16-9-11-18(12-10-16)23-15-13-20(22)21-14-5-8-19(21)17-6-3-2-4-7-17/h2-4,6-7,9-12,19H,5,8,13-15H2,1H3. The third-order valence-corrected chi connectivity index (χ3v) is 5.38. The van der Waals surface area contributed by atoms with E-state index in [1.165, 1.54) is 16.0 Å². The molecule has 2 aromatic rings. The molecule has 0 radical (unpaired) electrons.